The van der Waals surface area contributed by atoms with E-state index in [1.54, 1.807) is 18.2 Å². The van der Waals surface area contributed by atoms with Crippen molar-refractivity contribution >= 4 is 69.7 Å². The summed E-state index contributed by atoms with van der Waals surface area (Å²) in [5.74, 6) is -1.15. The van der Waals surface area contributed by atoms with E-state index in [1.165, 1.54) is 7.11 Å². The lowest BCUT2D eigenvalue weighted by molar-refractivity contribution is 0.0600. The molecule has 1 amide bonds. The summed E-state index contributed by atoms with van der Waals surface area (Å²) in [6, 6.07) is 4.96. The van der Waals surface area contributed by atoms with Crippen LogP contribution in [-0.2, 0) is 4.74 Å². The molecule has 0 bridgehead atoms. The number of nitrogens with one attached hydrogen (secondary N) is 1. The second-order valence-corrected chi connectivity index (χ2v) is 7.56. The minimum Gasteiger partial charge on any atom is -0.465 e. The molecule has 0 saturated carbocycles. The Kier molecular flexibility index (Phi) is 6.55. The van der Waals surface area contributed by atoms with E-state index in [0.717, 1.165) is 31.6 Å². The summed E-state index contributed by atoms with van der Waals surface area (Å²) in [4.78, 5) is 30.8. The molecule has 1 aromatic heterocycles. The highest BCUT2D eigenvalue weighted by molar-refractivity contribution is 6.52. The highest BCUT2D eigenvalue weighted by Crippen LogP contribution is 2.37. The number of anilines is 2. The zero-order valence-corrected chi connectivity index (χ0v) is 17.7. The standard InChI is InChI=1S/C18H15Cl4N3O3/c1-28-18(27)9-4-5-11(25-6-2-3-7-25)10(8-9)23-17(26)15-13(20)12(19)14(21)16(22)24-15/h4-5,8H,2-3,6-7H2,1H3,(H,23,26). The van der Waals surface area contributed by atoms with Gasteiger partial charge in [-0.05, 0) is 31.0 Å². The average Bonchev–Trinajstić information content (AvgIpc) is 3.22. The van der Waals surface area contributed by atoms with Crippen molar-refractivity contribution in [2.45, 2.75) is 12.8 Å². The fourth-order valence-corrected chi connectivity index (χ4v) is 3.75. The first-order valence-corrected chi connectivity index (χ1v) is 9.83. The molecule has 6 nitrogen and oxygen atoms in total. The SMILES string of the molecule is COC(=O)c1ccc(N2CCCC2)c(NC(=O)c2nc(Cl)c(Cl)c(Cl)c2Cl)c1. The number of aromatic nitrogens is 1. The summed E-state index contributed by atoms with van der Waals surface area (Å²) in [5, 5.41) is 2.41. The number of methoxy groups -OCH3 is 1. The van der Waals surface area contributed by atoms with E-state index in [-0.39, 0.29) is 25.9 Å². The molecule has 2 heterocycles. The molecule has 1 N–H and O–H groups in total. The van der Waals surface area contributed by atoms with Crippen molar-refractivity contribution in [3.63, 3.8) is 0 Å². The number of carbonyl (C=O) groups excluding carboxylic acids is 2. The Bertz CT molecular complexity index is 946. The molecule has 1 aliphatic heterocycles. The zero-order chi connectivity index (χ0) is 20.4. The molecule has 1 aliphatic rings. The molecular weight excluding hydrogens is 448 g/mol. The molecule has 148 valence electrons. The van der Waals surface area contributed by atoms with Gasteiger partial charge in [0.25, 0.3) is 5.91 Å². The molecule has 10 heteroatoms. The number of hydrogen-bond acceptors (Lipinski definition) is 5. The Morgan fingerprint density at radius 2 is 1.75 bits per heavy atom. The van der Waals surface area contributed by atoms with Crippen LogP contribution >= 0.6 is 46.4 Å². The Morgan fingerprint density at radius 1 is 1.07 bits per heavy atom. The molecule has 0 spiro atoms. The van der Waals surface area contributed by atoms with E-state index in [1.807, 2.05) is 0 Å². The predicted octanol–water partition coefficient (Wildman–Crippen LogP) is 5.33. The van der Waals surface area contributed by atoms with Crippen molar-refractivity contribution < 1.29 is 14.3 Å². The summed E-state index contributed by atoms with van der Waals surface area (Å²) >= 11 is 24.0. The van der Waals surface area contributed by atoms with Crippen LogP contribution in [0.3, 0.4) is 0 Å². The van der Waals surface area contributed by atoms with Gasteiger partial charge in [0.15, 0.2) is 0 Å². The van der Waals surface area contributed by atoms with Crippen molar-refractivity contribution in [3.8, 4) is 0 Å². The van der Waals surface area contributed by atoms with E-state index in [2.05, 4.69) is 15.2 Å². The summed E-state index contributed by atoms with van der Waals surface area (Å²) in [6.07, 6.45) is 2.09. The third-order valence-electron chi connectivity index (χ3n) is 4.31. The molecule has 0 radical (unpaired) electrons. The Balaban J connectivity index is 2.00. The van der Waals surface area contributed by atoms with E-state index in [9.17, 15) is 9.59 Å². The fraction of sp³-hybridized carbons (Fsp3) is 0.278. The number of nitrogens with zero attached hydrogens (tertiary/aromatic N) is 2. The number of carbonyl (C=O) groups is 2. The number of esters is 1. The molecule has 0 unspecified atom stereocenters. The minimum absolute atomic E-state index is 0.0321. The molecule has 0 aliphatic carbocycles. The highest BCUT2D eigenvalue weighted by atomic mass is 35.5. The van der Waals surface area contributed by atoms with Crippen LogP contribution < -0.4 is 10.2 Å². The first kappa shape index (κ1) is 21.0. The van der Waals surface area contributed by atoms with Crippen LogP contribution in [0.5, 0.6) is 0 Å². The number of halogens is 4. The quantitative estimate of drug-likeness (QED) is 0.490. The summed E-state index contributed by atoms with van der Waals surface area (Å²) < 4.78 is 4.76. The van der Waals surface area contributed by atoms with Crippen molar-refractivity contribution in [2.75, 3.05) is 30.4 Å². The van der Waals surface area contributed by atoms with E-state index in [4.69, 9.17) is 51.1 Å². The molecule has 1 fully saturated rings. The van der Waals surface area contributed by atoms with Crippen LogP contribution in [0.25, 0.3) is 0 Å². The van der Waals surface area contributed by atoms with Crippen molar-refractivity contribution in [1.29, 1.82) is 0 Å². The molecule has 1 aromatic carbocycles. The molecule has 0 atom stereocenters. The molecule has 2 aromatic rings. The van der Waals surface area contributed by atoms with E-state index >= 15 is 0 Å². The number of amides is 1. The number of ether oxygens (including phenoxy) is 1. The highest BCUT2D eigenvalue weighted by Gasteiger charge is 2.23. The smallest absolute Gasteiger partial charge is 0.337 e. The average molecular weight is 463 g/mol. The Morgan fingerprint density at radius 3 is 2.39 bits per heavy atom. The van der Waals surface area contributed by atoms with Gasteiger partial charge in [0, 0.05) is 13.1 Å². The molecule has 28 heavy (non-hydrogen) atoms. The lowest BCUT2D eigenvalue weighted by Gasteiger charge is -2.22. The molecule has 1 saturated heterocycles. The van der Waals surface area contributed by atoms with Crippen LogP contribution in [-0.4, -0.2) is 37.1 Å². The monoisotopic (exact) mass is 461 g/mol. The van der Waals surface area contributed by atoms with Crippen LogP contribution in [0.2, 0.25) is 20.2 Å². The number of benzene rings is 1. The second-order valence-electron chi connectivity index (χ2n) is 6.06. The van der Waals surface area contributed by atoms with Gasteiger partial charge in [-0.3, -0.25) is 4.79 Å². The summed E-state index contributed by atoms with van der Waals surface area (Å²) in [7, 11) is 1.29. The van der Waals surface area contributed by atoms with Crippen LogP contribution in [0.4, 0.5) is 11.4 Å². The maximum atomic E-state index is 12.8. The number of hydrogen-bond donors (Lipinski definition) is 1. The van der Waals surface area contributed by atoms with E-state index in [0.29, 0.717) is 11.3 Å². The maximum Gasteiger partial charge on any atom is 0.337 e. The van der Waals surface area contributed by atoms with Gasteiger partial charge in [-0.15, -0.1) is 0 Å². The largest absolute Gasteiger partial charge is 0.465 e. The Hall–Kier alpha value is -1.73. The second kappa shape index (κ2) is 8.74. The lowest BCUT2D eigenvalue weighted by Crippen LogP contribution is -2.22. The van der Waals surface area contributed by atoms with Crippen molar-refractivity contribution in [1.82, 2.24) is 4.98 Å². The maximum absolute atomic E-state index is 12.8. The van der Waals surface area contributed by atoms with Gasteiger partial charge >= 0.3 is 5.97 Å². The number of pyridine rings is 1. The van der Waals surface area contributed by atoms with Gasteiger partial charge in [-0.1, -0.05) is 46.4 Å². The van der Waals surface area contributed by atoms with Crippen molar-refractivity contribution in [3.05, 3.63) is 49.7 Å². The summed E-state index contributed by atoms with van der Waals surface area (Å²) in [6.45, 7) is 1.69. The van der Waals surface area contributed by atoms with Gasteiger partial charge in [0.1, 0.15) is 10.8 Å². The first-order chi connectivity index (χ1) is 13.3. The lowest BCUT2D eigenvalue weighted by atomic mass is 10.1. The minimum atomic E-state index is -0.632. The Labute approximate surface area is 181 Å². The van der Waals surface area contributed by atoms with Crippen LogP contribution in [0.15, 0.2) is 18.2 Å². The predicted molar refractivity (Wildman–Crippen MR) is 111 cm³/mol. The van der Waals surface area contributed by atoms with Gasteiger partial charge in [-0.25, -0.2) is 9.78 Å². The third kappa shape index (κ3) is 4.15. The first-order valence-electron chi connectivity index (χ1n) is 8.32. The normalized spacial score (nSPS) is 13.5. The number of rotatable bonds is 4. The van der Waals surface area contributed by atoms with Crippen LogP contribution in [0.1, 0.15) is 33.7 Å². The van der Waals surface area contributed by atoms with Gasteiger partial charge in [0.2, 0.25) is 0 Å². The van der Waals surface area contributed by atoms with Crippen molar-refractivity contribution in [2.24, 2.45) is 0 Å². The van der Waals surface area contributed by atoms with E-state index < -0.39 is 11.9 Å². The fourth-order valence-electron chi connectivity index (χ4n) is 2.93. The van der Waals surface area contributed by atoms with Gasteiger partial charge in [0.05, 0.1) is 39.1 Å². The topological polar surface area (TPSA) is 71.5 Å². The van der Waals surface area contributed by atoms with Gasteiger partial charge < -0.3 is 15.0 Å². The summed E-state index contributed by atoms with van der Waals surface area (Å²) in [5.41, 5.74) is 1.33. The van der Waals surface area contributed by atoms with Gasteiger partial charge in [-0.2, -0.15) is 0 Å². The zero-order valence-electron chi connectivity index (χ0n) is 14.7. The van der Waals surface area contributed by atoms with Crippen LogP contribution in [0, 0.1) is 0 Å². The molecular formula is C18H15Cl4N3O3. The molecule has 3 rings (SSSR count). The third-order valence-corrected chi connectivity index (χ3v) is 5.99.